The Morgan fingerprint density at radius 1 is 0.362 bits per heavy atom. The molecule has 4 radical (unpaired) electrons. The fourth-order valence-electron chi connectivity index (χ4n) is 13.1. The molecule has 0 fully saturated rings. The second-order valence-electron chi connectivity index (χ2n) is 25.2. The van der Waals surface area contributed by atoms with E-state index < -0.39 is 0 Å². The Morgan fingerprint density at radius 3 is 1.14 bits per heavy atom. The molecule has 0 N–H and O–H groups in total. The summed E-state index contributed by atoms with van der Waals surface area (Å²) in [6, 6.07) is 104. The van der Waals surface area contributed by atoms with Crippen molar-refractivity contribution in [3.63, 3.8) is 0 Å². The Labute approximate surface area is 678 Å². The number of aromatic nitrogens is 2. The van der Waals surface area contributed by atoms with E-state index >= 15 is 0 Å². The summed E-state index contributed by atoms with van der Waals surface area (Å²) in [5.41, 5.74) is 29.6. The Kier molecular flexibility index (Phi) is 28.8. The summed E-state index contributed by atoms with van der Waals surface area (Å²) in [5, 5.41) is 4.11. The molecule has 0 spiro atoms. The van der Waals surface area contributed by atoms with Crippen LogP contribution in [0.2, 0.25) is 0 Å². The zero-order valence-corrected chi connectivity index (χ0v) is 70.0. The topological polar surface area (TPSA) is 61.1 Å². The molecule has 3 aliphatic rings. The van der Waals surface area contributed by atoms with Gasteiger partial charge in [-0.3, -0.25) is 11.8 Å². The van der Waals surface area contributed by atoms with Crippen LogP contribution in [-0.2, 0) is 85.2 Å². The molecule has 13 aromatic rings. The minimum atomic E-state index is 0. The number of hydrogen-bond acceptors (Lipinski definition) is 9. The van der Waals surface area contributed by atoms with Gasteiger partial charge in [-0.1, -0.05) is 177 Å². The number of rotatable bonds is 12. The van der Waals surface area contributed by atoms with Gasteiger partial charge in [0.15, 0.2) is 0 Å². The number of ether oxygens (including phenoxy) is 1. The molecule has 13 heteroatoms. The summed E-state index contributed by atoms with van der Waals surface area (Å²) < 4.78 is 11.4. The van der Waals surface area contributed by atoms with Crippen LogP contribution in [-0.4, -0.2) is 22.1 Å². The first-order valence-corrected chi connectivity index (χ1v) is 34.7. The molecule has 3 aliphatic heterocycles. The quantitative estimate of drug-likeness (QED) is 0.111. The minimum absolute atomic E-state index is 0. The normalized spacial score (nSPS) is 12.5. The standard InChI is InChI=1S/C24H22N2.C23H19NO.C23H19NS.C22H17N2O.4Ir/c1-18-14-21(20-10-6-4-7-11-20)15-19(2)24(18)23-16-26(17-25(23)3)22-12-8-5-9-13-22;2*1-17-13-20(19-9-5-3-6-10-19)14-18(2)23(17)22-15-24(16-25-22)21-11-7-4-8-12-21;1-15-13-19(17-9-5-3-6-10-17)14-16(2)20(15)22-23-21(24-25-22)18-11-7-4-8-12-18;;;;/h4-12,14-17H,1-3H3;2*3-11,13-16H,1-2H3;3-11,13-14H,1-2H3;;;;/q3*-2;-1;;;;. The van der Waals surface area contributed by atoms with Crippen molar-refractivity contribution in [3.05, 3.63) is 390 Å². The molecule has 0 saturated heterocycles. The van der Waals surface area contributed by atoms with Crippen LogP contribution in [0.25, 0.3) is 83.7 Å². The molecule has 105 heavy (non-hydrogen) atoms. The van der Waals surface area contributed by atoms with Crippen LogP contribution in [0.1, 0.15) is 61.2 Å². The minimum Gasteiger partial charge on any atom is -0.640 e. The fourth-order valence-corrected chi connectivity index (χ4v) is 14.2. The zero-order valence-electron chi connectivity index (χ0n) is 59.6. The average Bonchev–Trinajstić information content (AvgIpc) is 1.77. The van der Waals surface area contributed by atoms with Crippen molar-refractivity contribution in [2.75, 3.05) is 21.7 Å². The van der Waals surface area contributed by atoms with Crippen LogP contribution in [0.15, 0.2) is 290 Å². The van der Waals surface area contributed by atoms with Gasteiger partial charge in [-0.15, -0.1) is 58.1 Å². The number of hydrogen-bond donors (Lipinski definition) is 0. The Bertz CT molecular complexity index is 4840. The third-order valence-electron chi connectivity index (χ3n) is 17.8. The van der Waals surface area contributed by atoms with Crippen LogP contribution in [0.4, 0.5) is 17.1 Å². The van der Waals surface area contributed by atoms with E-state index in [9.17, 15) is 0 Å². The predicted molar refractivity (Wildman–Crippen MR) is 420 cm³/mol. The molecule has 0 aliphatic carbocycles. The second kappa shape index (κ2) is 37.8. The van der Waals surface area contributed by atoms with Crippen molar-refractivity contribution in [2.24, 2.45) is 0 Å². The van der Waals surface area contributed by atoms with E-state index in [2.05, 4.69) is 306 Å². The SMILES string of the molecule is Cc1cc(-c2ccccc2)cc(C)c1-c1nc(-c2[c-]cccc2)no1.Cc1cc(-c2ccccc2)cc(C)c1C1=CN(c2[c-]cccc2)[CH-]N1C.Cc1cc(-c2ccccc2)cc(C)c1C1=CN(c2[c-]cccc2)[CH-]O1.Cc1cc(-c2ccccc2)cc(C)c1C1=CN(c2[c-]cccc2)[CH-]S1.[Ir].[Ir].[Ir].[Ir]. The number of anilines is 3. The van der Waals surface area contributed by atoms with Crippen LogP contribution in [0.3, 0.4) is 0 Å². The number of benzene rings is 12. The van der Waals surface area contributed by atoms with Crippen LogP contribution in [0, 0.1) is 98.9 Å². The van der Waals surface area contributed by atoms with Gasteiger partial charge in [-0.2, -0.15) is 104 Å². The molecule has 536 valence electrons. The molecule has 1 aromatic heterocycles. The molecule has 0 amide bonds. The number of thioether (sulfide) groups is 1. The number of nitrogens with zero attached hydrogens (tertiary/aromatic N) is 6. The predicted octanol–water partition coefficient (Wildman–Crippen LogP) is 23.3. The molecule has 12 aromatic carbocycles. The smallest absolute Gasteiger partial charge is 0.248 e. The van der Waals surface area contributed by atoms with E-state index in [4.69, 9.17) is 9.26 Å². The summed E-state index contributed by atoms with van der Waals surface area (Å²) in [5.74, 6) is 4.11. The van der Waals surface area contributed by atoms with Gasteiger partial charge in [-0.05, 0) is 174 Å². The summed E-state index contributed by atoms with van der Waals surface area (Å²) in [6.45, 7) is 21.0. The maximum Gasteiger partial charge on any atom is 0.248 e. The van der Waals surface area contributed by atoms with Gasteiger partial charge in [0.25, 0.3) is 0 Å². The average molecular weight is 2100 g/mol. The molecule has 8 nitrogen and oxygen atoms in total. The van der Waals surface area contributed by atoms with E-state index in [1.54, 1.807) is 18.5 Å². The molecular weight excluding hydrogens is 2020 g/mol. The van der Waals surface area contributed by atoms with Gasteiger partial charge in [0.05, 0.1) is 0 Å². The maximum atomic E-state index is 5.86. The third kappa shape index (κ3) is 19.3. The van der Waals surface area contributed by atoms with Gasteiger partial charge in [0.1, 0.15) is 11.6 Å². The summed E-state index contributed by atoms with van der Waals surface area (Å²) in [6.07, 6.45) is 6.40. The van der Waals surface area contributed by atoms with E-state index in [0.717, 1.165) is 50.6 Å². The summed E-state index contributed by atoms with van der Waals surface area (Å²) >= 11 is 1.77. The van der Waals surface area contributed by atoms with Gasteiger partial charge in [0.2, 0.25) is 5.89 Å². The molecule has 16 rings (SSSR count). The van der Waals surface area contributed by atoms with Gasteiger partial charge < -0.3 is 28.9 Å². The van der Waals surface area contributed by atoms with Crippen molar-refractivity contribution in [1.29, 1.82) is 0 Å². The monoisotopic (exact) mass is 2100 g/mol. The first-order valence-electron chi connectivity index (χ1n) is 33.8. The van der Waals surface area contributed by atoms with E-state index in [-0.39, 0.29) is 80.4 Å². The van der Waals surface area contributed by atoms with Crippen molar-refractivity contribution >= 4 is 45.2 Å². The van der Waals surface area contributed by atoms with Gasteiger partial charge in [0, 0.05) is 109 Å². The van der Waals surface area contributed by atoms with Gasteiger partial charge >= 0.3 is 0 Å². The molecule has 0 atom stereocenters. The van der Waals surface area contributed by atoms with Crippen molar-refractivity contribution in [3.8, 4) is 67.3 Å². The molecular formula is C92H77Ir4N6O2S-7. The van der Waals surface area contributed by atoms with Crippen molar-refractivity contribution in [2.45, 2.75) is 55.4 Å². The number of aryl methyl sites for hydroxylation is 8. The zero-order chi connectivity index (χ0) is 69.8. The largest absolute Gasteiger partial charge is 0.640 e. The van der Waals surface area contributed by atoms with Gasteiger partial charge in [-0.25, -0.2) is 4.98 Å². The molecule has 0 bridgehead atoms. The van der Waals surface area contributed by atoms with Crippen molar-refractivity contribution in [1.82, 2.24) is 15.0 Å². The Balaban J connectivity index is 0.000000160. The molecule has 0 saturated carbocycles. The van der Waals surface area contributed by atoms with E-state index in [1.807, 2.05) is 108 Å². The third-order valence-corrected chi connectivity index (χ3v) is 18.7. The first-order chi connectivity index (χ1) is 49.3. The van der Waals surface area contributed by atoms with Crippen LogP contribution < -0.4 is 14.7 Å². The molecule has 0 unspecified atom stereocenters. The first kappa shape index (κ1) is 80.1. The maximum absolute atomic E-state index is 5.86. The van der Waals surface area contributed by atoms with E-state index in [0.29, 0.717) is 11.7 Å². The molecule has 4 heterocycles. The van der Waals surface area contributed by atoms with Crippen LogP contribution in [0.5, 0.6) is 0 Å². The Hall–Kier alpha value is -9.05. The number of para-hydroxylation sites is 3. The van der Waals surface area contributed by atoms with Crippen molar-refractivity contribution < 1.29 is 89.7 Å². The summed E-state index contributed by atoms with van der Waals surface area (Å²) in [7, 11) is 2.10. The summed E-state index contributed by atoms with van der Waals surface area (Å²) in [4.78, 5) is 14.3. The van der Waals surface area contributed by atoms with E-state index in [1.165, 1.54) is 99.6 Å². The Morgan fingerprint density at radius 2 is 0.733 bits per heavy atom. The fraction of sp³-hybridized carbons (Fsp3) is 0.0978. The van der Waals surface area contributed by atoms with Crippen LogP contribution >= 0.6 is 11.8 Å². The second-order valence-corrected chi connectivity index (χ2v) is 26.1.